The average Bonchev–Trinajstić information content (AvgIpc) is 2.85. The van der Waals surface area contributed by atoms with E-state index in [1.165, 1.54) is 60.2 Å². The first-order chi connectivity index (χ1) is 18.9. The zero-order valence-corrected chi connectivity index (χ0v) is 29.9. The Labute approximate surface area is 268 Å². The molecule has 0 saturated carbocycles. The number of aliphatic carboxylic acids is 6. The fraction of sp³-hybridized carbons (Fsp3) is 0.556. The molecule has 12 nitrogen and oxygen atoms in total. The predicted molar refractivity (Wildman–Crippen MR) is 141 cm³/mol. The number of hydrogen-bond donors (Lipinski definition) is 0. The molecule has 0 radical (unpaired) electrons. The van der Waals surface area contributed by atoms with Crippen LogP contribution >= 0.6 is 0 Å². The molecule has 0 aliphatic rings. The summed E-state index contributed by atoms with van der Waals surface area (Å²) < 4.78 is 2.90. The summed E-state index contributed by atoms with van der Waals surface area (Å²) in [5.74, 6) is -9.09. The summed E-state index contributed by atoms with van der Waals surface area (Å²) in [5, 5.41) is 58.2. The van der Waals surface area contributed by atoms with Gasteiger partial charge in [-0.15, -0.1) is 0 Å². The van der Waals surface area contributed by atoms with Crippen LogP contribution in [-0.2, 0) is 28.8 Å². The van der Waals surface area contributed by atoms with E-state index in [1.54, 1.807) is 45.0 Å². The van der Waals surface area contributed by atoms with Crippen molar-refractivity contribution >= 4 is 80.9 Å². The van der Waals surface area contributed by atoms with Crippen LogP contribution in [0.4, 0.5) is 0 Å². The summed E-state index contributed by atoms with van der Waals surface area (Å²) in [6, 6.07) is 0. The van der Waals surface area contributed by atoms with Gasteiger partial charge in [-0.1, -0.05) is 0 Å². The molecule has 0 saturated heterocycles. The number of rotatable bonds is 14. The van der Waals surface area contributed by atoms with Gasteiger partial charge >= 0.3 is 119 Å². The van der Waals surface area contributed by atoms with Crippen LogP contribution in [0.15, 0.2) is 34.9 Å². The molecule has 0 aliphatic heterocycles. The normalized spacial score (nSPS) is 10.5. The van der Waals surface area contributed by atoms with Crippen LogP contribution in [0.3, 0.4) is 0 Å². The standard InChI is InChI=1S/2C6H13.3C5H6O4.2Sn/c2*1-3-5-6-4-2;3*1-3(5(8)9)2-4(6)7;;/h2*1,3-6H2,2H3;3*2H,1H3,(H,6,7)(H,8,9);;/q;;;;;2*+3/p-6. The van der Waals surface area contributed by atoms with Gasteiger partial charge in [0.05, 0.1) is 35.8 Å². The molecule has 0 aromatic carbocycles. The minimum atomic E-state index is -1.53. The van der Waals surface area contributed by atoms with Gasteiger partial charge in [-0.05, 0) is 55.7 Å². The average molecular weight is 792 g/mol. The molecule has 226 valence electrons. The van der Waals surface area contributed by atoms with E-state index < -0.39 is 35.8 Å². The van der Waals surface area contributed by atoms with E-state index in [1.807, 2.05) is 0 Å². The topological polar surface area (TPSA) is 241 Å². The van der Waals surface area contributed by atoms with Gasteiger partial charge in [-0.25, -0.2) is 0 Å². The Kier molecular flexibility index (Phi) is 42.1. The Morgan fingerprint density at radius 1 is 0.463 bits per heavy atom. The summed E-state index contributed by atoms with van der Waals surface area (Å²) >= 11 is 3.40. The Balaban J connectivity index is -0.000000132. The zero-order chi connectivity index (χ0) is 33.4. The summed E-state index contributed by atoms with van der Waals surface area (Å²) in [5.41, 5.74) is -1.06. The van der Waals surface area contributed by atoms with Crippen molar-refractivity contribution in [2.24, 2.45) is 0 Å². The second-order valence-corrected chi connectivity index (χ2v) is 10.8. The molecular formula is C27H38O12Sn2. The van der Waals surface area contributed by atoms with Crippen LogP contribution in [-0.4, -0.2) is 80.9 Å². The Hall–Kier alpha value is -2.36. The Bertz CT molecular complexity index is 749. The summed E-state index contributed by atoms with van der Waals surface area (Å²) in [4.78, 5) is 58.2. The summed E-state index contributed by atoms with van der Waals surface area (Å²) in [7, 11) is 0. The Morgan fingerprint density at radius 2 is 0.683 bits per heavy atom. The van der Waals surface area contributed by atoms with Gasteiger partial charge < -0.3 is 59.4 Å². The van der Waals surface area contributed by atoms with Crippen molar-refractivity contribution in [1.29, 1.82) is 0 Å². The zero-order valence-electron chi connectivity index (χ0n) is 24.2. The first-order valence-electron chi connectivity index (χ1n) is 12.6. The van der Waals surface area contributed by atoms with E-state index in [9.17, 15) is 59.4 Å². The van der Waals surface area contributed by atoms with Crippen LogP contribution < -0.4 is 30.6 Å². The molecule has 0 fully saturated rings. The van der Waals surface area contributed by atoms with E-state index in [2.05, 4.69) is 13.8 Å². The fourth-order valence-electron chi connectivity index (χ4n) is 1.81. The maximum absolute atomic E-state index is 9.76. The van der Waals surface area contributed by atoms with Crippen molar-refractivity contribution in [3.8, 4) is 0 Å². The van der Waals surface area contributed by atoms with Gasteiger partial charge in [0.1, 0.15) is 0 Å². The number of unbranched alkanes of at least 4 members (excludes halogenated alkanes) is 6. The second-order valence-electron chi connectivity index (χ2n) is 7.92. The molecular weight excluding hydrogens is 754 g/mol. The molecule has 0 amide bonds. The molecule has 0 bridgehead atoms. The first kappa shape index (κ1) is 48.4. The SMILES string of the molecule is CC(=CC(=O)[O-])C(=O)[O-].CC(=CC(=O)[O-])C(=O)[O-].CC(=CC(=O)[O-])C(=O)[O-].CCCCC[CH2][Sn+3].CCCCC[CH2][Sn+3]. The third-order valence-corrected chi connectivity index (χ3v) is 6.05. The van der Waals surface area contributed by atoms with Gasteiger partial charge in [0, 0.05) is 0 Å². The van der Waals surface area contributed by atoms with Gasteiger partial charge in [0.2, 0.25) is 0 Å². The van der Waals surface area contributed by atoms with Gasteiger partial charge in [0.15, 0.2) is 0 Å². The number of carbonyl (C=O) groups excluding carboxylic acids is 6. The summed E-state index contributed by atoms with van der Waals surface area (Å²) in [6.45, 7) is 7.85. The monoisotopic (exact) mass is 794 g/mol. The van der Waals surface area contributed by atoms with Crippen LogP contribution in [0, 0.1) is 0 Å². The molecule has 41 heavy (non-hydrogen) atoms. The van der Waals surface area contributed by atoms with Crippen LogP contribution in [0.5, 0.6) is 0 Å². The molecule has 0 aromatic heterocycles. The van der Waals surface area contributed by atoms with Crippen molar-refractivity contribution < 1.29 is 59.4 Å². The van der Waals surface area contributed by atoms with Gasteiger partial charge in [-0.3, -0.25) is 0 Å². The fourth-order valence-corrected chi connectivity index (χ4v) is 3.24. The molecule has 0 aromatic rings. The van der Waals surface area contributed by atoms with E-state index in [4.69, 9.17) is 0 Å². The van der Waals surface area contributed by atoms with Crippen molar-refractivity contribution in [3.63, 3.8) is 0 Å². The van der Waals surface area contributed by atoms with E-state index >= 15 is 0 Å². The van der Waals surface area contributed by atoms with Gasteiger partial charge in [-0.2, -0.15) is 0 Å². The summed E-state index contributed by atoms with van der Waals surface area (Å²) in [6.07, 6.45) is 12.9. The van der Waals surface area contributed by atoms with Crippen LogP contribution in [0.1, 0.15) is 86.0 Å². The van der Waals surface area contributed by atoms with Crippen molar-refractivity contribution in [3.05, 3.63) is 34.9 Å². The first-order valence-corrected chi connectivity index (χ1v) is 16.6. The third-order valence-electron chi connectivity index (χ3n) is 4.03. The van der Waals surface area contributed by atoms with Gasteiger partial charge in [0.25, 0.3) is 0 Å². The quantitative estimate of drug-likeness (QED) is 0.0951. The molecule has 0 atom stereocenters. The van der Waals surface area contributed by atoms with Crippen molar-refractivity contribution in [1.82, 2.24) is 0 Å². The molecule has 0 aliphatic carbocycles. The van der Waals surface area contributed by atoms with Crippen molar-refractivity contribution in [2.75, 3.05) is 0 Å². The maximum atomic E-state index is 9.76. The number of hydrogen-bond acceptors (Lipinski definition) is 12. The molecule has 0 spiro atoms. The van der Waals surface area contributed by atoms with E-state index in [0.717, 1.165) is 20.8 Å². The molecule has 0 heterocycles. The number of carboxylic acid groups (broad SMARTS) is 6. The molecule has 14 heteroatoms. The van der Waals surface area contributed by atoms with Crippen molar-refractivity contribution in [2.45, 2.75) is 94.9 Å². The Morgan fingerprint density at radius 3 is 0.780 bits per heavy atom. The molecule has 0 N–H and O–H groups in total. The number of carboxylic acids is 6. The van der Waals surface area contributed by atoms with E-state index in [-0.39, 0.29) is 16.7 Å². The van der Waals surface area contributed by atoms with Crippen LogP contribution in [0.25, 0.3) is 0 Å². The second kappa shape index (κ2) is 35.7. The third kappa shape index (κ3) is 54.4. The predicted octanol–water partition coefficient (Wildman–Crippen LogP) is -3.40. The van der Waals surface area contributed by atoms with E-state index in [0.29, 0.717) is 18.2 Å². The molecule has 0 unspecified atom stereocenters. The molecule has 0 rings (SSSR count). The minimum absolute atomic E-state index is 0.352. The number of carbonyl (C=O) groups is 6. The van der Waals surface area contributed by atoms with Crippen LogP contribution in [0.2, 0.25) is 8.87 Å².